The van der Waals surface area contributed by atoms with Crippen LogP contribution >= 0.6 is 0 Å². The third kappa shape index (κ3) is 17.4. The van der Waals surface area contributed by atoms with Crippen LogP contribution in [0.4, 0.5) is 0 Å². The van der Waals surface area contributed by atoms with Crippen LogP contribution in [0.25, 0.3) is 0 Å². The SMILES string of the molecule is C=C/C=C/C=C\C(C)=C/C[C@H]1OC(=O)C[C@@H](O)C[C@H](O)/C=C/CC(=C)C[C@H](O)CC/C=C/C[C@H](O)/C=C/[C@H]1C. The first-order chi connectivity index (χ1) is 18.6. The number of aliphatic hydroxyl groups is 4. The highest BCUT2D eigenvalue weighted by Crippen LogP contribution is 2.19. The van der Waals surface area contributed by atoms with Crippen LogP contribution in [-0.4, -0.2) is 56.9 Å². The number of ether oxygens (including phenoxy) is 1. The standard InChI is InChI=1S/C33H48O6/c1-5-6-7-9-13-25(2)18-21-32-27(4)19-20-28(34)15-10-8-11-16-29(35)22-26(3)14-12-17-30(36)23-31(37)24-33(38)39-32/h5-10,12-13,17-20,27-32,34-37H,1,3,11,14-16,21-24H2,2,4H3/b7-6+,10-8+,13-9-,17-12+,20-19+,25-18-/t27-,28+,29-,30-,31+,32-/m1/s1. The van der Waals surface area contributed by atoms with E-state index in [-0.39, 0.29) is 18.8 Å². The summed E-state index contributed by atoms with van der Waals surface area (Å²) in [5.74, 6) is -0.736. The summed E-state index contributed by atoms with van der Waals surface area (Å²) >= 11 is 0. The molecule has 6 atom stereocenters. The fraction of sp³-hybridized carbons (Fsp3) is 0.485. The van der Waals surface area contributed by atoms with Crippen molar-refractivity contribution in [1.29, 1.82) is 0 Å². The highest BCUT2D eigenvalue weighted by molar-refractivity contribution is 5.70. The fourth-order valence-corrected chi connectivity index (χ4v) is 4.00. The van der Waals surface area contributed by atoms with Gasteiger partial charge >= 0.3 is 5.97 Å². The number of rotatable bonds is 5. The predicted molar refractivity (Wildman–Crippen MR) is 159 cm³/mol. The first-order valence-electron chi connectivity index (χ1n) is 13.8. The molecule has 0 aliphatic carbocycles. The zero-order chi connectivity index (χ0) is 29.0. The molecule has 0 aromatic rings. The Labute approximate surface area is 234 Å². The van der Waals surface area contributed by atoms with Crippen LogP contribution in [0, 0.1) is 5.92 Å². The van der Waals surface area contributed by atoms with Gasteiger partial charge in [0.15, 0.2) is 0 Å². The van der Waals surface area contributed by atoms with Crippen LogP contribution in [0.1, 0.15) is 65.2 Å². The topological polar surface area (TPSA) is 107 Å². The molecule has 0 radical (unpaired) electrons. The lowest BCUT2D eigenvalue weighted by atomic mass is 9.98. The van der Waals surface area contributed by atoms with Gasteiger partial charge in [0.1, 0.15) is 6.10 Å². The summed E-state index contributed by atoms with van der Waals surface area (Å²) < 4.78 is 5.76. The normalized spacial score (nSPS) is 32.2. The summed E-state index contributed by atoms with van der Waals surface area (Å²) in [6.07, 6.45) is 21.2. The summed E-state index contributed by atoms with van der Waals surface area (Å²) in [6.45, 7) is 11.5. The minimum absolute atomic E-state index is 0.00137. The number of esters is 1. The van der Waals surface area contributed by atoms with E-state index in [4.69, 9.17) is 4.74 Å². The Hall–Kier alpha value is -2.77. The maximum Gasteiger partial charge on any atom is 0.308 e. The van der Waals surface area contributed by atoms with Crippen LogP contribution in [0.3, 0.4) is 0 Å². The Balaban J connectivity index is 3.02. The van der Waals surface area contributed by atoms with Crippen molar-refractivity contribution in [2.24, 2.45) is 5.92 Å². The van der Waals surface area contributed by atoms with Gasteiger partial charge < -0.3 is 25.2 Å². The molecular formula is C33H48O6. The molecule has 6 heteroatoms. The van der Waals surface area contributed by atoms with Crippen molar-refractivity contribution in [2.75, 3.05) is 0 Å². The van der Waals surface area contributed by atoms with Gasteiger partial charge in [-0.25, -0.2) is 0 Å². The average molecular weight is 541 g/mol. The lowest BCUT2D eigenvalue weighted by molar-refractivity contribution is -0.153. The Morgan fingerprint density at radius 3 is 2.51 bits per heavy atom. The molecule has 0 aromatic carbocycles. The van der Waals surface area contributed by atoms with Crippen molar-refractivity contribution in [3.05, 3.63) is 97.2 Å². The first-order valence-corrected chi connectivity index (χ1v) is 13.8. The number of hydrogen-bond donors (Lipinski definition) is 4. The molecule has 0 aromatic heterocycles. The second kappa shape index (κ2) is 20.2. The zero-order valence-corrected chi connectivity index (χ0v) is 23.6. The molecule has 1 rings (SSSR count). The molecule has 0 unspecified atom stereocenters. The largest absolute Gasteiger partial charge is 0.461 e. The summed E-state index contributed by atoms with van der Waals surface area (Å²) in [4.78, 5) is 12.7. The van der Waals surface area contributed by atoms with Crippen LogP contribution < -0.4 is 0 Å². The Kier molecular flexibility index (Phi) is 17.7. The van der Waals surface area contributed by atoms with E-state index < -0.39 is 36.5 Å². The Morgan fingerprint density at radius 1 is 1.00 bits per heavy atom. The van der Waals surface area contributed by atoms with Gasteiger partial charge in [-0.05, 0) is 39.0 Å². The smallest absolute Gasteiger partial charge is 0.308 e. The van der Waals surface area contributed by atoms with Gasteiger partial charge in [-0.1, -0.05) is 104 Å². The monoisotopic (exact) mass is 540 g/mol. The first kappa shape index (κ1) is 34.3. The zero-order valence-electron chi connectivity index (χ0n) is 23.6. The second-order valence-electron chi connectivity index (χ2n) is 10.2. The van der Waals surface area contributed by atoms with E-state index >= 15 is 0 Å². The maximum absolute atomic E-state index is 12.7. The molecule has 1 heterocycles. The average Bonchev–Trinajstić information content (AvgIpc) is 2.86. The summed E-state index contributed by atoms with van der Waals surface area (Å²) in [5.41, 5.74) is 1.84. The van der Waals surface area contributed by atoms with Crippen molar-refractivity contribution >= 4 is 5.97 Å². The predicted octanol–water partition coefficient (Wildman–Crippen LogP) is 5.58. The van der Waals surface area contributed by atoms with Gasteiger partial charge in [0.05, 0.1) is 30.8 Å². The van der Waals surface area contributed by atoms with E-state index in [9.17, 15) is 25.2 Å². The summed E-state index contributed by atoms with van der Waals surface area (Å²) in [5, 5.41) is 41.2. The molecule has 0 fully saturated rings. The van der Waals surface area contributed by atoms with E-state index in [0.717, 1.165) is 11.1 Å². The van der Waals surface area contributed by atoms with Crippen molar-refractivity contribution in [2.45, 2.75) is 95.7 Å². The van der Waals surface area contributed by atoms with Crippen LogP contribution in [-0.2, 0) is 9.53 Å². The van der Waals surface area contributed by atoms with Crippen LogP contribution in [0.15, 0.2) is 97.2 Å². The fourth-order valence-electron chi connectivity index (χ4n) is 4.00. The number of allylic oxidation sites excluding steroid dienone is 8. The minimum Gasteiger partial charge on any atom is -0.461 e. The molecule has 1 aliphatic heterocycles. The third-order valence-corrected chi connectivity index (χ3v) is 6.31. The maximum atomic E-state index is 12.7. The van der Waals surface area contributed by atoms with Gasteiger partial charge in [0.25, 0.3) is 0 Å². The summed E-state index contributed by atoms with van der Waals surface area (Å²) in [7, 11) is 0. The van der Waals surface area contributed by atoms with E-state index in [0.29, 0.717) is 38.5 Å². The van der Waals surface area contributed by atoms with Gasteiger partial charge in [0, 0.05) is 18.8 Å². The quantitative estimate of drug-likeness (QED) is 0.206. The van der Waals surface area contributed by atoms with Crippen molar-refractivity contribution in [3.63, 3.8) is 0 Å². The molecule has 4 N–H and O–H groups in total. The van der Waals surface area contributed by atoms with E-state index in [1.807, 2.05) is 62.5 Å². The van der Waals surface area contributed by atoms with Crippen LogP contribution in [0.5, 0.6) is 0 Å². The van der Waals surface area contributed by atoms with E-state index in [1.165, 1.54) is 0 Å². The molecule has 0 spiro atoms. The number of carbonyl (C=O) groups is 1. The third-order valence-electron chi connectivity index (χ3n) is 6.31. The lowest BCUT2D eigenvalue weighted by Gasteiger charge is -2.22. The van der Waals surface area contributed by atoms with Gasteiger partial charge in [-0.15, -0.1) is 0 Å². The molecule has 1 aliphatic rings. The lowest BCUT2D eigenvalue weighted by Crippen LogP contribution is -2.27. The van der Waals surface area contributed by atoms with Gasteiger partial charge in [0.2, 0.25) is 0 Å². The second-order valence-corrected chi connectivity index (χ2v) is 10.2. The molecule has 6 nitrogen and oxygen atoms in total. The van der Waals surface area contributed by atoms with Gasteiger partial charge in [-0.2, -0.15) is 0 Å². The van der Waals surface area contributed by atoms with Gasteiger partial charge in [-0.3, -0.25) is 4.79 Å². The number of carbonyl (C=O) groups excluding carboxylic acids is 1. The van der Waals surface area contributed by atoms with Crippen LogP contribution in [0.2, 0.25) is 0 Å². The molecule has 0 saturated heterocycles. The number of hydrogen-bond acceptors (Lipinski definition) is 6. The van der Waals surface area contributed by atoms with Crippen molar-refractivity contribution in [1.82, 2.24) is 0 Å². The molecule has 39 heavy (non-hydrogen) atoms. The molecule has 0 saturated carbocycles. The minimum atomic E-state index is -1.06. The van der Waals surface area contributed by atoms with E-state index in [1.54, 1.807) is 24.3 Å². The molecular weight excluding hydrogens is 492 g/mol. The summed E-state index contributed by atoms with van der Waals surface area (Å²) in [6, 6.07) is 0. The molecule has 0 amide bonds. The number of aliphatic hydroxyl groups excluding tert-OH is 4. The van der Waals surface area contributed by atoms with Crippen molar-refractivity contribution < 1.29 is 30.0 Å². The molecule has 216 valence electrons. The number of cyclic esters (lactones) is 1. The molecule has 0 bridgehead atoms. The van der Waals surface area contributed by atoms with Crippen molar-refractivity contribution in [3.8, 4) is 0 Å². The van der Waals surface area contributed by atoms with E-state index in [2.05, 4.69) is 13.2 Å². The Bertz CT molecular complexity index is 922. The highest BCUT2D eigenvalue weighted by atomic mass is 16.5. The Morgan fingerprint density at radius 2 is 1.77 bits per heavy atom. The highest BCUT2D eigenvalue weighted by Gasteiger charge is 2.22.